The fourth-order valence-corrected chi connectivity index (χ4v) is 4.91. The highest BCUT2D eigenvalue weighted by molar-refractivity contribution is 6.31. The smallest absolute Gasteiger partial charge is 0.296 e. The van der Waals surface area contributed by atoms with Crippen LogP contribution >= 0.6 is 11.6 Å². The number of halogens is 3. The Hall–Kier alpha value is -2.61. The molecule has 0 saturated carbocycles. The van der Waals surface area contributed by atoms with Gasteiger partial charge in [-0.2, -0.15) is 4.98 Å². The molecule has 0 amide bonds. The van der Waals surface area contributed by atoms with Crippen LogP contribution in [0, 0.1) is 11.6 Å². The average molecular weight is 556 g/mol. The van der Waals surface area contributed by atoms with E-state index in [4.69, 9.17) is 40.0 Å². The quantitative estimate of drug-likeness (QED) is 0.368. The summed E-state index contributed by atoms with van der Waals surface area (Å²) in [4.78, 5) is 11.8. The molecule has 3 aromatic rings. The lowest BCUT2D eigenvalue weighted by molar-refractivity contribution is 0.00706. The summed E-state index contributed by atoms with van der Waals surface area (Å²) in [5.41, 5.74) is 1.21. The number of benzene rings is 1. The van der Waals surface area contributed by atoms with Crippen molar-refractivity contribution < 1.29 is 42.3 Å². The number of rotatable bonds is 11. The number of ether oxygens (including phenoxy) is 6. The second kappa shape index (κ2) is 11.6. The normalized spacial score (nSPS) is 22.9. The van der Waals surface area contributed by atoms with E-state index in [-0.39, 0.29) is 56.6 Å². The average Bonchev–Trinajstić information content (AvgIpc) is 3.55. The molecule has 0 spiro atoms. The van der Waals surface area contributed by atoms with Crippen molar-refractivity contribution in [3.05, 3.63) is 46.1 Å². The first-order valence-electron chi connectivity index (χ1n) is 12.1. The van der Waals surface area contributed by atoms with Crippen LogP contribution in [0.2, 0.25) is 5.02 Å². The van der Waals surface area contributed by atoms with Crippen molar-refractivity contribution in [2.75, 3.05) is 40.6 Å². The van der Waals surface area contributed by atoms with Crippen molar-refractivity contribution in [1.82, 2.24) is 15.0 Å². The minimum atomic E-state index is -0.738. The van der Waals surface area contributed by atoms with E-state index >= 15 is 0 Å². The molecule has 13 heteroatoms. The van der Waals surface area contributed by atoms with Gasteiger partial charge in [0.05, 0.1) is 42.7 Å². The predicted molar refractivity (Wildman–Crippen MR) is 131 cm³/mol. The molecule has 0 radical (unpaired) electrons. The highest BCUT2D eigenvalue weighted by atomic mass is 35.5. The molecule has 206 valence electrons. The standard InChI is InChI=1S/C25H28ClF2N3O7/c1-33-8-13(9-34-2)37-12-5-16(27)14(17(28)6-12)3-4-18-15(26)7-19-24(29-18)31-25(30-19)38-21-11-36-22-20(32)10-35-23(21)22/h5-7,13,20-23,32H,3-4,8-11H2,1-2H3,(H,29,30,31)/t20-,21-,22-,23-/m1/s1. The zero-order valence-corrected chi connectivity index (χ0v) is 21.5. The maximum Gasteiger partial charge on any atom is 0.296 e. The van der Waals surface area contributed by atoms with Gasteiger partial charge in [0.1, 0.15) is 41.8 Å². The molecule has 1 aromatic carbocycles. The number of imidazole rings is 1. The van der Waals surface area contributed by atoms with Crippen LogP contribution in [0.1, 0.15) is 11.3 Å². The van der Waals surface area contributed by atoms with E-state index in [1.165, 1.54) is 14.2 Å². The van der Waals surface area contributed by atoms with Gasteiger partial charge in [-0.25, -0.2) is 13.8 Å². The molecule has 0 aliphatic carbocycles. The molecule has 0 unspecified atom stereocenters. The van der Waals surface area contributed by atoms with E-state index < -0.39 is 42.2 Å². The summed E-state index contributed by atoms with van der Waals surface area (Å²) < 4.78 is 62.3. The molecule has 2 saturated heterocycles. The summed E-state index contributed by atoms with van der Waals surface area (Å²) >= 11 is 6.41. The molecule has 2 aliphatic rings. The molecule has 5 rings (SSSR count). The highest BCUT2D eigenvalue weighted by Crippen LogP contribution is 2.31. The van der Waals surface area contributed by atoms with Gasteiger partial charge in [0, 0.05) is 31.9 Å². The Labute approximate surface area is 222 Å². The van der Waals surface area contributed by atoms with E-state index in [9.17, 15) is 13.9 Å². The number of aryl methyl sites for hydroxylation is 1. The second-order valence-electron chi connectivity index (χ2n) is 9.17. The van der Waals surface area contributed by atoms with Gasteiger partial charge in [-0.1, -0.05) is 11.6 Å². The van der Waals surface area contributed by atoms with Crippen LogP contribution in [0.25, 0.3) is 11.2 Å². The predicted octanol–water partition coefficient (Wildman–Crippen LogP) is 2.62. The number of nitrogens with zero attached hydrogens (tertiary/aromatic N) is 2. The van der Waals surface area contributed by atoms with Crippen LogP contribution in [-0.4, -0.2) is 91.2 Å². The lowest BCUT2D eigenvalue weighted by atomic mass is 10.1. The number of H-pyrrole nitrogens is 1. The molecular formula is C25H28ClF2N3O7. The summed E-state index contributed by atoms with van der Waals surface area (Å²) in [7, 11) is 3.00. The van der Waals surface area contributed by atoms with Gasteiger partial charge in [0.2, 0.25) is 0 Å². The summed E-state index contributed by atoms with van der Waals surface area (Å²) in [5, 5.41) is 10.2. The fourth-order valence-electron chi connectivity index (χ4n) is 4.66. The maximum atomic E-state index is 14.8. The molecule has 2 aliphatic heterocycles. The van der Waals surface area contributed by atoms with Crippen molar-refractivity contribution >= 4 is 22.8 Å². The molecule has 4 atom stereocenters. The molecule has 4 heterocycles. The Morgan fingerprint density at radius 1 is 1.05 bits per heavy atom. The number of aliphatic hydroxyl groups is 1. The molecule has 10 nitrogen and oxygen atoms in total. The lowest BCUT2D eigenvalue weighted by Crippen LogP contribution is -2.34. The van der Waals surface area contributed by atoms with Crippen LogP contribution in [-0.2, 0) is 31.8 Å². The van der Waals surface area contributed by atoms with Gasteiger partial charge in [-0.3, -0.25) is 0 Å². The first kappa shape index (κ1) is 27.0. The molecule has 38 heavy (non-hydrogen) atoms. The van der Waals surface area contributed by atoms with Crippen LogP contribution < -0.4 is 9.47 Å². The van der Waals surface area contributed by atoms with Crippen molar-refractivity contribution in [3.8, 4) is 11.8 Å². The monoisotopic (exact) mass is 555 g/mol. The minimum Gasteiger partial charge on any atom is -0.485 e. The third kappa shape index (κ3) is 5.70. The topological polar surface area (TPSA) is 117 Å². The van der Waals surface area contributed by atoms with Crippen LogP contribution in [0.3, 0.4) is 0 Å². The molecule has 0 bridgehead atoms. The summed E-state index contributed by atoms with van der Waals surface area (Å²) in [6, 6.07) is 4.11. The lowest BCUT2D eigenvalue weighted by Gasteiger charge is -2.18. The number of aromatic nitrogens is 3. The SMILES string of the molecule is COCC(COC)Oc1cc(F)c(CCc2nc3nc(O[C@@H]4CO[C@H]5[C@@H]4OC[C@H]5O)[nH]c3cc2Cl)c(F)c1. The van der Waals surface area contributed by atoms with Crippen LogP contribution in [0.15, 0.2) is 18.2 Å². The third-order valence-corrected chi connectivity index (χ3v) is 6.78. The van der Waals surface area contributed by atoms with Crippen LogP contribution in [0.4, 0.5) is 8.78 Å². The zero-order valence-electron chi connectivity index (χ0n) is 20.8. The highest BCUT2D eigenvalue weighted by Gasteiger charge is 2.48. The molecule has 2 fully saturated rings. The molecular weight excluding hydrogens is 528 g/mol. The minimum absolute atomic E-state index is 0.0195. The van der Waals surface area contributed by atoms with Gasteiger partial charge in [0.15, 0.2) is 11.8 Å². The van der Waals surface area contributed by atoms with E-state index in [2.05, 4.69) is 15.0 Å². The van der Waals surface area contributed by atoms with E-state index in [1.807, 2.05) is 0 Å². The molecule has 2 N–H and O–H groups in total. The fraction of sp³-hybridized carbons (Fsp3) is 0.520. The zero-order chi connectivity index (χ0) is 26.8. The van der Waals surface area contributed by atoms with E-state index in [1.54, 1.807) is 6.07 Å². The van der Waals surface area contributed by atoms with Crippen molar-refractivity contribution in [2.24, 2.45) is 0 Å². The number of aromatic amines is 1. The van der Waals surface area contributed by atoms with Crippen molar-refractivity contribution in [1.29, 1.82) is 0 Å². The Balaban J connectivity index is 1.26. The number of methoxy groups -OCH3 is 2. The second-order valence-corrected chi connectivity index (χ2v) is 9.57. The number of pyridine rings is 1. The Bertz CT molecular complexity index is 1250. The number of nitrogens with one attached hydrogen (secondary N) is 1. The van der Waals surface area contributed by atoms with Gasteiger partial charge < -0.3 is 38.5 Å². The maximum absolute atomic E-state index is 14.8. The Kier molecular flexibility index (Phi) is 8.26. The number of hydrogen-bond acceptors (Lipinski definition) is 9. The number of hydrogen-bond donors (Lipinski definition) is 2. The summed E-state index contributed by atoms with van der Waals surface area (Å²) in [6.45, 7) is 0.855. The van der Waals surface area contributed by atoms with E-state index in [0.29, 0.717) is 21.9 Å². The Morgan fingerprint density at radius 3 is 2.47 bits per heavy atom. The summed E-state index contributed by atoms with van der Waals surface area (Å²) in [5.74, 6) is -1.43. The number of aliphatic hydroxyl groups excluding tert-OH is 1. The first-order chi connectivity index (χ1) is 18.4. The van der Waals surface area contributed by atoms with Gasteiger partial charge in [-0.05, 0) is 18.9 Å². The van der Waals surface area contributed by atoms with E-state index in [0.717, 1.165) is 12.1 Å². The molecule has 2 aromatic heterocycles. The van der Waals surface area contributed by atoms with Gasteiger partial charge in [-0.15, -0.1) is 0 Å². The summed E-state index contributed by atoms with van der Waals surface area (Å²) in [6.07, 6.45) is -2.26. The van der Waals surface area contributed by atoms with Gasteiger partial charge >= 0.3 is 0 Å². The Morgan fingerprint density at radius 2 is 1.76 bits per heavy atom. The van der Waals surface area contributed by atoms with Crippen LogP contribution in [0.5, 0.6) is 11.8 Å². The van der Waals surface area contributed by atoms with Gasteiger partial charge in [0.25, 0.3) is 6.01 Å². The van der Waals surface area contributed by atoms with Crippen molar-refractivity contribution in [2.45, 2.75) is 43.4 Å². The number of fused-ring (bicyclic) bond motifs is 2. The third-order valence-electron chi connectivity index (χ3n) is 6.46. The first-order valence-corrected chi connectivity index (χ1v) is 12.5. The largest absolute Gasteiger partial charge is 0.485 e. The van der Waals surface area contributed by atoms with Crippen molar-refractivity contribution in [3.63, 3.8) is 0 Å².